The molecule has 0 aliphatic heterocycles. The van der Waals surface area contributed by atoms with Crippen LogP contribution in [-0.4, -0.2) is 56.7 Å². The maximum Gasteiger partial charge on any atom is 0.259 e. The number of aliphatic hydroxyl groups excluding tert-OH is 1. The number of hydrogen-bond donors (Lipinski definition) is 2. The average Bonchev–Trinajstić information content (AvgIpc) is 3.30. The van der Waals surface area contributed by atoms with Crippen molar-refractivity contribution >= 4 is 28.7 Å². The molecular weight excluding hydrogens is 525 g/mol. The predicted molar refractivity (Wildman–Crippen MR) is 142 cm³/mol. The summed E-state index contributed by atoms with van der Waals surface area (Å²) in [6, 6.07) is 6.25. The normalized spacial score (nSPS) is 15.0. The molecule has 2 atom stereocenters. The van der Waals surface area contributed by atoms with E-state index in [4.69, 9.17) is 11.6 Å². The molecule has 13 heteroatoms. The van der Waals surface area contributed by atoms with E-state index in [1.54, 1.807) is 22.3 Å². The number of aliphatic hydroxyl groups is 1. The van der Waals surface area contributed by atoms with Crippen molar-refractivity contribution in [3.8, 4) is 22.5 Å². The van der Waals surface area contributed by atoms with E-state index in [0.717, 1.165) is 35.7 Å². The summed E-state index contributed by atoms with van der Waals surface area (Å²) in [7, 11) is 0. The van der Waals surface area contributed by atoms with Crippen molar-refractivity contribution in [1.82, 2.24) is 39.6 Å². The third kappa shape index (κ3) is 4.66. The van der Waals surface area contributed by atoms with Gasteiger partial charge in [0.25, 0.3) is 5.91 Å². The van der Waals surface area contributed by atoms with Gasteiger partial charge in [0.2, 0.25) is 5.82 Å². The molecule has 1 aliphatic carbocycles. The molecule has 0 radical (unpaired) electrons. The first-order valence-corrected chi connectivity index (χ1v) is 12.9. The SMILES string of the molecule is Cc1nn([C@@H](C)[C@H](C)O)cc1-c1ccn2ncc(C(=O)Nc3cc(-c4nnn(C5CC5)n4)c(F)cc3Cl)c2c1. The second-order valence-electron chi connectivity index (χ2n) is 9.82. The van der Waals surface area contributed by atoms with Gasteiger partial charge < -0.3 is 10.4 Å². The molecule has 5 aromatic rings. The van der Waals surface area contributed by atoms with E-state index in [0.29, 0.717) is 11.1 Å². The van der Waals surface area contributed by atoms with E-state index in [-0.39, 0.29) is 34.2 Å². The van der Waals surface area contributed by atoms with E-state index in [1.165, 1.54) is 17.1 Å². The van der Waals surface area contributed by atoms with Gasteiger partial charge in [0.1, 0.15) is 5.82 Å². The number of hydrogen-bond acceptors (Lipinski definition) is 7. The number of pyridine rings is 1. The van der Waals surface area contributed by atoms with Crippen LogP contribution in [0.2, 0.25) is 5.02 Å². The summed E-state index contributed by atoms with van der Waals surface area (Å²) < 4.78 is 18.1. The predicted octanol–water partition coefficient (Wildman–Crippen LogP) is 4.48. The van der Waals surface area contributed by atoms with Crippen LogP contribution >= 0.6 is 11.6 Å². The smallest absolute Gasteiger partial charge is 0.259 e. The van der Waals surface area contributed by atoms with Gasteiger partial charge in [-0.05, 0) is 68.7 Å². The fraction of sp³-hybridized carbons (Fsp3) is 0.308. The van der Waals surface area contributed by atoms with Crippen LogP contribution < -0.4 is 5.32 Å². The molecular formula is C26H25ClFN9O2. The number of nitrogens with one attached hydrogen (secondary N) is 1. The molecule has 0 bridgehead atoms. The van der Waals surface area contributed by atoms with Crippen LogP contribution in [0.1, 0.15) is 54.8 Å². The summed E-state index contributed by atoms with van der Waals surface area (Å²) in [5.41, 5.74) is 3.66. The fourth-order valence-corrected chi connectivity index (χ4v) is 4.51. The number of aryl methyl sites for hydroxylation is 1. The molecule has 0 spiro atoms. The van der Waals surface area contributed by atoms with Gasteiger partial charge in [-0.2, -0.15) is 15.0 Å². The monoisotopic (exact) mass is 549 g/mol. The molecule has 39 heavy (non-hydrogen) atoms. The summed E-state index contributed by atoms with van der Waals surface area (Å²) in [4.78, 5) is 14.8. The maximum atomic E-state index is 14.7. The Morgan fingerprint density at radius 1 is 1.21 bits per heavy atom. The Hall–Kier alpha value is -4.16. The molecule has 1 amide bonds. The molecule has 0 unspecified atom stereocenters. The number of benzene rings is 1. The second kappa shape index (κ2) is 9.54. The lowest BCUT2D eigenvalue weighted by Crippen LogP contribution is -2.18. The molecule has 4 heterocycles. The van der Waals surface area contributed by atoms with Crippen molar-refractivity contribution < 1.29 is 14.3 Å². The molecule has 1 aromatic carbocycles. The van der Waals surface area contributed by atoms with Crippen LogP contribution in [0.4, 0.5) is 10.1 Å². The Kier molecular flexibility index (Phi) is 6.15. The first kappa shape index (κ1) is 25.1. The van der Waals surface area contributed by atoms with Gasteiger partial charge in [0, 0.05) is 18.0 Å². The van der Waals surface area contributed by atoms with Gasteiger partial charge in [0.15, 0.2) is 0 Å². The van der Waals surface area contributed by atoms with Gasteiger partial charge in [0.05, 0.1) is 57.4 Å². The zero-order valence-corrected chi connectivity index (χ0v) is 22.1. The number of carbonyl (C=O) groups is 1. The highest BCUT2D eigenvalue weighted by molar-refractivity contribution is 6.34. The van der Waals surface area contributed by atoms with E-state index < -0.39 is 17.8 Å². The minimum absolute atomic E-state index is 0.0339. The lowest BCUT2D eigenvalue weighted by Gasteiger charge is -2.14. The summed E-state index contributed by atoms with van der Waals surface area (Å²) >= 11 is 6.29. The van der Waals surface area contributed by atoms with Crippen molar-refractivity contribution in [3.63, 3.8) is 0 Å². The van der Waals surface area contributed by atoms with Gasteiger partial charge in [-0.3, -0.25) is 9.48 Å². The summed E-state index contributed by atoms with van der Waals surface area (Å²) in [6.45, 7) is 5.50. The Balaban J connectivity index is 1.31. The van der Waals surface area contributed by atoms with E-state index >= 15 is 0 Å². The van der Waals surface area contributed by atoms with Crippen molar-refractivity contribution in [2.45, 2.75) is 51.8 Å². The minimum Gasteiger partial charge on any atom is -0.391 e. The summed E-state index contributed by atoms with van der Waals surface area (Å²) in [5, 5.41) is 33.9. The standard InChI is InChI=1S/C26H25ClFN9O2/c1-13-20(12-36(32-13)14(2)15(3)38)16-6-7-35-24(8-16)19(11-29-35)26(39)30-23-9-18(22(28)10-21(23)27)25-31-34-37(33-25)17-4-5-17/h6-12,14-15,17,38H,4-5H2,1-3H3,(H,30,39)/t14-,15-/m0/s1. The van der Waals surface area contributed by atoms with Crippen molar-refractivity contribution in [2.75, 3.05) is 5.32 Å². The van der Waals surface area contributed by atoms with Crippen LogP contribution in [0.3, 0.4) is 0 Å². The van der Waals surface area contributed by atoms with Crippen molar-refractivity contribution in [1.29, 1.82) is 0 Å². The van der Waals surface area contributed by atoms with Gasteiger partial charge >= 0.3 is 0 Å². The summed E-state index contributed by atoms with van der Waals surface area (Å²) in [5.74, 6) is -0.964. The second-order valence-corrected chi connectivity index (χ2v) is 10.2. The topological polar surface area (TPSA) is 128 Å². The number of amides is 1. The summed E-state index contributed by atoms with van der Waals surface area (Å²) in [6.07, 6.45) is 6.45. The molecule has 4 aromatic heterocycles. The van der Waals surface area contributed by atoms with Gasteiger partial charge in [-0.15, -0.1) is 10.2 Å². The Bertz CT molecular complexity index is 1720. The lowest BCUT2D eigenvalue weighted by molar-refractivity contribution is 0.102. The zero-order valence-electron chi connectivity index (χ0n) is 21.4. The molecule has 0 saturated heterocycles. The molecule has 1 saturated carbocycles. The Morgan fingerprint density at radius 2 is 2.00 bits per heavy atom. The van der Waals surface area contributed by atoms with Gasteiger partial charge in [-0.1, -0.05) is 11.6 Å². The minimum atomic E-state index is -0.616. The number of fused-ring (bicyclic) bond motifs is 1. The lowest BCUT2D eigenvalue weighted by atomic mass is 10.1. The first-order chi connectivity index (χ1) is 18.7. The van der Waals surface area contributed by atoms with Crippen LogP contribution in [-0.2, 0) is 0 Å². The molecule has 200 valence electrons. The third-order valence-electron chi connectivity index (χ3n) is 6.96. The highest BCUT2D eigenvalue weighted by Gasteiger charge is 2.27. The number of tetrazole rings is 1. The van der Waals surface area contributed by atoms with Crippen molar-refractivity contribution in [2.24, 2.45) is 0 Å². The fourth-order valence-electron chi connectivity index (χ4n) is 4.32. The van der Waals surface area contributed by atoms with E-state index in [1.807, 2.05) is 32.2 Å². The van der Waals surface area contributed by atoms with Gasteiger partial charge in [-0.25, -0.2) is 8.91 Å². The van der Waals surface area contributed by atoms with Crippen LogP contribution in [0.25, 0.3) is 28.0 Å². The first-order valence-electron chi connectivity index (χ1n) is 12.5. The number of rotatable bonds is 7. The highest BCUT2D eigenvalue weighted by Crippen LogP contribution is 2.35. The van der Waals surface area contributed by atoms with Crippen LogP contribution in [0.5, 0.6) is 0 Å². The van der Waals surface area contributed by atoms with E-state index in [9.17, 15) is 14.3 Å². The number of anilines is 1. The average molecular weight is 550 g/mol. The van der Waals surface area contributed by atoms with Crippen LogP contribution in [0, 0.1) is 12.7 Å². The third-order valence-corrected chi connectivity index (χ3v) is 7.27. The largest absolute Gasteiger partial charge is 0.391 e. The molecule has 1 aliphatic rings. The van der Waals surface area contributed by atoms with E-state index in [2.05, 4.69) is 30.9 Å². The van der Waals surface area contributed by atoms with Crippen molar-refractivity contribution in [3.05, 3.63) is 65.0 Å². The number of nitrogens with zero attached hydrogens (tertiary/aromatic N) is 8. The Labute approximate surface area is 227 Å². The number of carbonyl (C=O) groups excluding carboxylic acids is 1. The Morgan fingerprint density at radius 3 is 2.74 bits per heavy atom. The molecule has 11 nitrogen and oxygen atoms in total. The number of halogens is 2. The maximum absolute atomic E-state index is 14.7. The quantitative estimate of drug-likeness (QED) is 0.306. The molecule has 1 fully saturated rings. The zero-order chi connectivity index (χ0) is 27.4. The molecule has 2 N–H and O–H groups in total. The molecule has 6 rings (SSSR count). The highest BCUT2D eigenvalue weighted by atomic mass is 35.5. The van der Waals surface area contributed by atoms with Crippen LogP contribution in [0.15, 0.2) is 42.9 Å². The number of aromatic nitrogens is 8.